The van der Waals surface area contributed by atoms with E-state index in [9.17, 15) is 0 Å². The number of anilines is 1. The molecule has 0 amide bonds. The van der Waals surface area contributed by atoms with Gasteiger partial charge in [0, 0.05) is 31.9 Å². The molecule has 0 saturated heterocycles. The van der Waals surface area contributed by atoms with Crippen LogP contribution in [0.25, 0.3) is 0 Å². The van der Waals surface area contributed by atoms with Crippen LogP contribution in [-0.2, 0) is 6.42 Å². The number of nitrogens with zero attached hydrogens (tertiary/aromatic N) is 1. The van der Waals surface area contributed by atoms with Gasteiger partial charge in [-0.3, -0.25) is 0 Å². The molecule has 1 aromatic rings. The zero-order chi connectivity index (χ0) is 14.4. The summed E-state index contributed by atoms with van der Waals surface area (Å²) in [4.78, 5) is 2.35. The first-order chi connectivity index (χ1) is 9.69. The van der Waals surface area contributed by atoms with E-state index in [0.29, 0.717) is 0 Å². The lowest BCUT2D eigenvalue weighted by Crippen LogP contribution is -2.38. The van der Waals surface area contributed by atoms with E-state index in [2.05, 4.69) is 55.4 Å². The highest BCUT2D eigenvalue weighted by atomic mass is 15.1. The third kappa shape index (κ3) is 4.52. The molecule has 1 aromatic carbocycles. The quantitative estimate of drug-likeness (QED) is 0.847. The van der Waals surface area contributed by atoms with Crippen LogP contribution >= 0.6 is 0 Å². The number of hydrogen-bond donors (Lipinski definition) is 1. The molecule has 1 aliphatic rings. The van der Waals surface area contributed by atoms with Crippen molar-refractivity contribution in [2.45, 2.75) is 52.0 Å². The Morgan fingerprint density at radius 3 is 2.60 bits per heavy atom. The van der Waals surface area contributed by atoms with E-state index in [1.165, 1.54) is 36.9 Å². The van der Waals surface area contributed by atoms with Gasteiger partial charge in [-0.15, -0.1) is 0 Å². The highest BCUT2D eigenvalue weighted by Crippen LogP contribution is 2.23. The fraction of sp³-hybridized carbons (Fsp3) is 0.667. The molecule has 1 fully saturated rings. The van der Waals surface area contributed by atoms with Crippen LogP contribution in [0.5, 0.6) is 0 Å². The van der Waals surface area contributed by atoms with Crippen LogP contribution in [0.3, 0.4) is 0 Å². The van der Waals surface area contributed by atoms with Gasteiger partial charge in [-0.2, -0.15) is 0 Å². The first-order valence-electron chi connectivity index (χ1n) is 8.22. The Kier molecular flexibility index (Phi) is 5.90. The highest BCUT2D eigenvalue weighted by Gasteiger charge is 2.17. The molecule has 0 radical (unpaired) electrons. The molecule has 2 heteroatoms. The average Bonchev–Trinajstić information content (AvgIpc) is 2.47. The van der Waals surface area contributed by atoms with Gasteiger partial charge < -0.3 is 10.2 Å². The third-order valence-electron chi connectivity index (χ3n) is 4.60. The van der Waals surface area contributed by atoms with E-state index in [0.717, 1.165) is 31.5 Å². The minimum atomic E-state index is 0.745. The predicted octanol–water partition coefficient (Wildman–Crippen LogP) is 3.85. The predicted molar refractivity (Wildman–Crippen MR) is 88.5 cm³/mol. The zero-order valence-corrected chi connectivity index (χ0v) is 13.4. The van der Waals surface area contributed by atoms with Crippen LogP contribution in [0.4, 0.5) is 5.69 Å². The molecule has 20 heavy (non-hydrogen) atoms. The van der Waals surface area contributed by atoms with Crippen LogP contribution in [0.1, 0.15) is 45.1 Å². The maximum atomic E-state index is 3.73. The summed E-state index contributed by atoms with van der Waals surface area (Å²) in [6.45, 7) is 6.75. The fourth-order valence-electron chi connectivity index (χ4n) is 3.17. The minimum absolute atomic E-state index is 0.745. The van der Waals surface area contributed by atoms with Crippen molar-refractivity contribution >= 4 is 5.69 Å². The van der Waals surface area contributed by atoms with Crippen molar-refractivity contribution in [3.63, 3.8) is 0 Å². The van der Waals surface area contributed by atoms with Gasteiger partial charge in [-0.25, -0.2) is 0 Å². The fourth-order valence-corrected chi connectivity index (χ4v) is 3.17. The van der Waals surface area contributed by atoms with Gasteiger partial charge in [0.05, 0.1) is 0 Å². The van der Waals surface area contributed by atoms with Crippen molar-refractivity contribution in [3.05, 3.63) is 29.8 Å². The summed E-state index contributed by atoms with van der Waals surface area (Å²) in [5.74, 6) is 0.903. The Bertz CT molecular complexity index is 385. The van der Waals surface area contributed by atoms with Crippen molar-refractivity contribution < 1.29 is 0 Å². The third-order valence-corrected chi connectivity index (χ3v) is 4.60. The molecule has 2 rings (SSSR count). The molecule has 0 aliphatic heterocycles. The molecule has 2 nitrogen and oxygen atoms in total. The maximum Gasteiger partial charge on any atom is 0.0364 e. The molecule has 0 bridgehead atoms. The Labute approximate surface area is 124 Å². The first kappa shape index (κ1) is 15.4. The van der Waals surface area contributed by atoms with Gasteiger partial charge in [0.1, 0.15) is 0 Å². The topological polar surface area (TPSA) is 15.3 Å². The molecule has 2 atom stereocenters. The van der Waals surface area contributed by atoms with Gasteiger partial charge in [0.2, 0.25) is 0 Å². The molecule has 112 valence electrons. The van der Waals surface area contributed by atoms with Gasteiger partial charge in [0.25, 0.3) is 0 Å². The first-order valence-corrected chi connectivity index (χ1v) is 8.22. The molecule has 1 saturated carbocycles. The van der Waals surface area contributed by atoms with Gasteiger partial charge >= 0.3 is 0 Å². The van der Waals surface area contributed by atoms with E-state index in [1.807, 2.05) is 0 Å². The number of aryl methyl sites for hydroxylation is 1. The van der Waals surface area contributed by atoms with Crippen molar-refractivity contribution in [2.75, 3.05) is 25.0 Å². The van der Waals surface area contributed by atoms with Crippen LogP contribution in [0.15, 0.2) is 24.3 Å². The monoisotopic (exact) mass is 274 g/mol. The van der Waals surface area contributed by atoms with Crippen LogP contribution in [-0.4, -0.2) is 26.2 Å². The molecular formula is C18H30N2. The molecular weight excluding hydrogens is 244 g/mol. The standard InChI is InChI=1S/C18H30N2/c1-4-16-8-10-18(11-9-16)20(3)13-12-19-17-7-5-6-15(2)14-17/h8-11,15,17,19H,4-7,12-14H2,1-3H3. The second-order valence-electron chi connectivity index (χ2n) is 6.36. The summed E-state index contributed by atoms with van der Waals surface area (Å²) in [5, 5.41) is 3.73. The second-order valence-corrected chi connectivity index (χ2v) is 6.36. The number of benzene rings is 1. The van der Waals surface area contributed by atoms with Gasteiger partial charge in [-0.05, 0) is 42.9 Å². The Morgan fingerprint density at radius 2 is 1.95 bits per heavy atom. The molecule has 1 N–H and O–H groups in total. The van der Waals surface area contributed by atoms with Crippen molar-refractivity contribution in [3.8, 4) is 0 Å². The lowest BCUT2D eigenvalue weighted by Gasteiger charge is -2.28. The van der Waals surface area contributed by atoms with E-state index in [1.54, 1.807) is 0 Å². The highest BCUT2D eigenvalue weighted by molar-refractivity contribution is 5.46. The van der Waals surface area contributed by atoms with Gasteiger partial charge in [-0.1, -0.05) is 38.8 Å². The number of likely N-dealkylation sites (N-methyl/N-ethyl adjacent to an activating group) is 1. The van der Waals surface area contributed by atoms with E-state index < -0.39 is 0 Å². The van der Waals surface area contributed by atoms with Crippen molar-refractivity contribution in [1.29, 1.82) is 0 Å². The van der Waals surface area contributed by atoms with Crippen LogP contribution in [0.2, 0.25) is 0 Å². The zero-order valence-electron chi connectivity index (χ0n) is 13.4. The Morgan fingerprint density at radius 1 is 1.20 bits per heavy atom. The second kappa shape index (κ2) is 7.68. The smallest absolute Gasteiger partial charge is 0.0364 e. The Hall–Kier alpha value is -1.02. The normalized spacial score (nSPS) is 22.8. The summed E-state index contributed by atoms with van der Waals surface area (Å²) in [6.07, 6.45) is 6.65. The maximum absolute atomic E-state index is 3.73. The molecule has 0 heterocycles. The number of nitrogens with one attached hydrogen (secondary N) is 1. The summed E-state index contributed by atoms with van der Waals surface area (Å²) in [5.41, 5.74) is 2.73. The van der Waals surface area contributed by atoms with Crippen molar-refractivity contribution in [1.82, 2.24) is 5.32 Å². The number of rotatable bonds is 6. The summed E-state index contributed by atoms with van der Waals surface area (Å²) in [6, 6.07) is 9.70. The largest absolute Gasteiger partial charge is 0.373 e. The number of hydrogen-bond acceptors (Lipinski definition) is 2. The molecule has 1 aliphatic carbocycles. The van der Waals surface area contributed by atoms with Crippen LogP contribution in [0, 0.1) is 5.92 Å². The van der Waals surface area contributed by atoms with Crippen molar-refractivity contribution in [2.24, 2.45) is 5.92 Å². The summed E-state index contributed by atoms with van der Waals surface area (Å²) < 4.78 is 0. The molecule has 2 unspecified atom stereocenters. The van der Waals surface area contributed by atoms with E-state index in [-0.39, 0.29) is 0 Å². The summed E-state index contributed by atoms with van der Waals surface area (Å²) >= 11 is 0. The molecule has 0 aromatic heterocycles. The van der Waals surface area contributed by atoms with Gasteiger partial charge in [0.15, 0.2) is 0 Å². The van der Waals surface area contributed by atoms with Crippen LogP contribution < -0.4 is 10.2 Å². The minimum Gasteiger partial charge on any atom is -0.373 e. The molecule has 0 spiro atoms. The lowest BCUT2D eigenvalue weighted by molar-refractivity contribution is 0.303. The SMILES string of the molecule is CCc1ccc(N(C)CCNC2CCCC(C)C2)cc1. The van der Waals surface area contributed by atoms with E-state index in [4.69, 9.17) is 0 Å². The Balaban J connectivity index is 1.72. The average molecular weight is 274 g/mol. The van der Waals surface area contributed by atoms with E-state index >= 15 is 0 Å². The lowest BCUT2D eigenvalue weighted by atomic mass is 9.87. The summed E-state index contributed by atoms with van der Waals surface area (Å²) in [7, 11) is 2.19.